The van der Waals surface area contributed by atoms with Crippen molar-refractivity contribution in [3.05, 3.63) is 74.8 Å². The molecule has 0 saturated heterocycles. The van der Waals surface area contributed by atoms with Crippen LogP contribution in [0.25, 0.3) is 11.1 Å². The van der Waals surface area contributed by atoms with Crippen LogP contribution in [-0.2, 0) is 16.8 Å². The van der Waals surface area contributed by atoms with E-state index in [9.17, 15) is 19.7 Å². The van der Waals surface area contributed by atoms with Gasteiger partial charge in [-0.05, 0) is 30.9 Å². The van der Waals surface area contributed by atoms with E-state index in [0.29, 0.717) is 25.0 Å². The zero-order valence-electron chi connectivity index (χ0n) is 17.9. The van der Waals surface area contributed by atoms with E-state index in [0.717, 1.165) is 12.8 Å². The topological polar surface area (TPSA) is 107 Å². The number of benzene rings is 2. The van der Waals surface area contributed by atoms with Gasteiger partial charge >= 0.3 is 5.76 Å². The van der Waals surface area contributed by atoms with Gasteiger partial charge in [-0.3, -0.25) is 19.5 Å². The first-order chi connectivity index (χ1) is 15.5. The van der Waals surface area contributed by atoms with Crippen molar-refractivity contribution in [1.82, 2.24) is 9.88 Å². The van der Waals surface area contributed by atoms with Gasteiger partial charge in [-0.1, -0.05) is 49.6 Å². The molecule has 8 heteroatoms. The van der Waals surface area contributed by atoms with Crippen molar-refractivity contribution in [2.24, 2.45) is 0 Å². The van der Waals surface area contributed by atoms with Gasteiger partial charge in [0.2, 0.25) is 5.91 Å². The third-order valence-corrected chi connectivity index (χ3v) is 6.47. The minimum atomic E-state index is -0.578. The molecule has 1 N–H and O–H groups in total. The fourth-order valence-corrected chi connectivity index (χ4v) is 4.72. The summed E-state index contributed by atoms with van der Waals surface area (Å²) >= 11 is 0. The fourth-order valence-electron chi connectivity index (χ4n) is 4.72. The SMILES string of the molecule is O=C(CCCn1c(=O)oc2cc([N+](=O)[O-])ccc21)NCC1(c2ccccc2)CCCCC1. The van der Waals surface area contributed by atoms with Crippen molar-refractivity contribution in [3.8, 4) is 0 Å². The Balaban J connectivity index is 1.36. The number of aryl methyl sites for hydroxylation is 1. The molecule has 0 unspecified atom stereocenters. The maximum Gasteiger partial charge on any atom is 0.419 e. The summed E-state index contributed by atoms with van der Waals surface area (Å²) in [6, 6.07) is 14.5. The Bertz CT molecular complexity index is 1160. The maximum absolute atomic E-state index is 12.6. The van der Waals surface area contributed by atoms with Crippen LogP contribution in [0.2, 0.25) is 0 Å². The first kappa shape index (κ1) is 21.8. The largest absolute Gasteiger partial charge is 0.419 e. The van der Waals surface area contributed by atoms with Crippen LogP contribution in [-0.4, -0.2) is 21.9 Å². The standard InChI is InChI=1S/C24H27N3O5/c28-22(25-17-24(13-5-2-6-14-24)18-8-3-1-4-9-18)10-7-15-26-20-12-11-19(27(30)31)16-21(20)32-23(26)29/h1,3-4,8-9,11-12,16H,2,5-7,10,13-15,17H2,(H,25,28). The van der Waals surface area contributed by atoms with Crippen LogP contribution < -0.4 is 11.1 Å². The van der Waals surface area contributed by atoms with Gasteiger partial charge in [0.05, 0.1) is 16.5 Å². The maximum atomic E-state index is 12.6. The van der Waals surface area contributed by atoms with Crippen LogP contribution in [0.1, 0.15) is 50.5 Å². The summed E-state index contributed by atoms with van der Waals surface area (Å²) in [5.41, 5.74) is 1.81. The highest BCUT2D eigenvalue weighted by molar-refractivity contribution is 5.77. The molecule has 1 aliphatic rings. The number of oxazole rings is 1. The number of fused-ring (bicyclic) bond motifs is 1. The quantitative estimate of drug-likeness (QED) is 0.418. The second-order valence-corrected chi connectivity index (χ2v) is 8.52. The van der Waals surface area contributed by atoms with Gasteiger partial charge in [-0.2, -0.15) is 0 Å². The molecule has 1 aliphatic carbocycles. The van der Waals surface area contributed by atoms with Gasteiger partial charge in [0, 0.05) is 31.0 Å². The molecule has 1 heterocycles. The lowest BCUT2D eigenvalue weighted by Crippen LogP contribution is -2.42. The Hall–Kier alpha value is -3.42. The lowest BCUT2D eigenvalue weighted by molar-refractivity contribution is -0.384. The summed E-state index contributed by atoms with van der Waals surface area (Å²) in [6.45, 7) is 0.926. The molecule has 0 aliphatic heterocycles. The summed E-state index contributed by atoms with van der Waals surface area (Å²) in [6.07, 6.45) is 6.46. The summed E-state index contributed by atoms with van der Waals surface area (Å²) in [5.74, 6) is -0.617. The van der Waals surface area contributed by atoms with Gasteiger partial charge in [0.25, 0.3) is 5.69 Å². The molecular weight excluding hydrogens is 410 g/mol. The number of hydrogen-bond donors (Lipinski definition) is 1. The number of non-ortho nitro benzene ring substituents is 1. The number of nitro benzene ring substituents is 1. The van der Waals surface area contributed by atoms with Crippen LogP contribution in [0.4, 0.5) is 5.69 Å². The molecule has 1 saturated carbocycles. The van der Waals surface area contributed by atoms with Crippen molar-refractivity contribution in [1.29, 1.82) is 0 Å². The van der Waals surface area contributed by atoms with Crippen molar-refractivity contribution in [2.75, 3.05) is 6.54 Å². The zero-order chi connectivity index (χ0) is 22.6. The van der Waals surface area contributed by atoms with Crippen molar-refractivity contribution in [2.45, 2.75) is 56.9 Å². The van der Waals surface area contributed by atoms with Crippen LogP contribution in [0, 0.1) is 10.1 Å². The van der Waals surface area contributed by atoms with E-state index in [2.05, 4.69) is 29.6 Å². The molecule has 0 atom stereocenters. The van der Waals surface area contributed by atoms with Crippen molar-refractivity contribution < 1.29 is 14.1 Å². The highest BCUT2D eigenvalue weighted by Gasteiger charge is 2.34. The summed E-state index contributed by atoms with van der Waals surface area (Å²) in [5, 5.41) is 14.0. The van der Waals surface area contributed by atoms with E-state index >= 15 is 0 Å². The predicted molar refractivity (Wildman–Crippen MR) is 121 cm³/mol. The molecule has 1 amide bonds. The van der Waals surface area contributed by atoms with Crippen molar-refractivity contribution in [3.63, 3.8) is 0 Å². The second kappa shape index (κ2) is 9.38. The molecule has 0 bridgehead atoms. The van der Waals surface area contributed by atoms with Crippen LogP contribution in [0.15, 0.2) is 57.7 Å². The van der Waals surface area contributed by atoms with E-state index in [1.54, 1.807) is 0 Å². The van der Waals surface area contributed by atoms with Crippen LogP contribution in [0.3, 0.4) is 0 Å². The van der Waals surface area contributed by atoms with Gasteiger partial charge in [-0.25, -0.2) is 4.79 Å². The van der Waals surface area contributed by atoms with Crippen LogP contribution in [0.5, 0.6) is 0 Å². The number of carbonyl (C=O) groups excluding carboxylic acids is 1. The molecule has 0 radical (unpaired) electrons. The average Bonchev–Trinajstić information content (AvgIpc) is 3.13. The lowest BCUT2D eigenvalue weighted by atomic mass is 9.69. The van der Waals surface area contributed by atoms with E-state index in [4.69, 9.17) is 4.42 Å². The number of rotatable bonds is 8. The molecule has 8 nitrogen and oxygen atoms in total. The summed E-state index contributed by atoms with van der Waals surface area (Å²) in [4.78, 5) is 35.1. The molecule has 0 spiro atoms. The Morgan fingerprint density at radius 3 is 2.59 bits per heavy atom. The number of nitrogens with zero attached hydrogens (tertiary/aromatic N) is 2. The number of aromatic nitrogens is 1. The van der Waals surface area contributed by atoms with Gasteiger partial charge in [0.15, 0.2) is 5.58 Å². The smallest absolute Gasteiger partial charge is 0.407 e. The number of hydrogen-bond acceptors (Lipinski definition) is 5. The molecule has 4 rings (SSSR count). The van der Waals surface area contributed by atoms with E-state index in [1.165, 1.54) is 47.6 Å². The molecule has 1 fully saturated rings. The van der Waals surface area contributed by atoms with Crippen LogP contribution >= 0.6 is 0 Å². The Morgan fingerprint density at radius 1 is 1.12 bits per heavy atom. The molecule has 3 aromatic rings. The Morgan fingerprint density at radius 2 is 1.88 bits per heavy atom. The van der Waals surface area contributed by atoms with Gasteiger partial charge in [-0.15, -0.1) is 0 Å². The Kier molecular flexibility index (Phi) is 6.39. The molecule has 32 heavy (non-hydrogen) atoms. The first-order valence-electron chi connectivity index (χ1n) is 11.1. The monoisotopic (exact) mass is 437 g/mol. The number of carbonyl (C=O) groups is 1. The Labute approximate surface area is 185 Å². The van der Waals surface area contributed by atoms with Gasteiger partial charge in [0.1, 0.15) is 0 Å². The third-order valence-electron chi connectivity index (χ3n) is 6.47. The van der Waals surface area contributed by atoms with E-state index in [-0.39, 0.29) is 29.0 Å². The minimum absolute atomic E-state index is 0.0123. The van der Waals surface area contributed by atoms with E-state index in [1.807, 2.05) is 6.07 Å². The molecular formula is C24H27N3O5. The lowest BCUT2D eigenvalue weighted by Gasteiger charge is -2.38. The first-order valence-corrected chi connectivity index (χ1v) is 11.1. The van der Waals surface area contributed by atoms with Crippen molar-refractivity contribution >= 4 is 22.7 Å². The summed E-state index contributed by atoms with van der Waals surface area (Å²) < 4.78 is 6.55. The third kappa shape index (κ3) is 4.59. The van der Waals surface area contributed by atoms with E-state index < -0.39 is 10.7 Å². The fraction of sp³-hybridized carbons (Fsp3) is 0.417. The normalized spacial score (nSPS) is 15.5. The highest BCUT2D eigenvalue weighted by atomic mass is 16.6. The average molecular weight is 437 g/mol. The molecule has 168 valence electrons. The summed E-state index contributed by atoms with van der Waals surface area (Å²) in [7, 11) is 0. The number of amides is 1. The molecule has 2 aromatic carbocycles. The zero-order valence-corrected chi connectivity index (χ0v) is 17.9. The number of nitro groups is 1. The molecule has 1 aromatic heterocycles. The predicted octanol–water partition coefficient (Wildman–Crippen LogP) is 4.30. The minimum Gasteiger partial charge on any atom is -0.407 e. The van der Waals surface area contributed by atoms with Gasteiger partial charge < -0.3 is 9.73 Å². The highest BCUT2D eigenvalue weighted by Crippen LogP contribution is 2.38. The second-order valence-electron chi connectivity index (χ2n) is 8.52. The number of nitrogens with one attached hydrogen (secondary N) is 1.